The van der Waals surface area contributed by atoms with E-state index in [2.05, 4.69) is 32.2 Å². The quantitative estimate of drug-likeness (QED) is 0.918. The van der Waals surface area contributed by atoms with Crippen LogP contribution in [0.25, 0.3) is 0 Å². The predicted molar refractivity (Wildman–Crippen MR) is 80.6 cm³/mol. The van der Waals surface area contributed by atoms with E-state index in [1.54, 1.807) is 7.11 Å². The van der Waals surface area contributed by atoms with Gasteiger partial charge in [0.1, 0.15) is 5.75 Å². The third-order valence-corrected chi connectivity index (χ3v) is 4.83. The summed E-state index contributed by atoms with van der Waals surface area (Å²) < 4.78 is 6.50. The van der Waals surface area contributed by atoms with Gasteiger partial charge in [0.25, 0.3) is 0 Å². The van der Waals surface area contributed by atoms with Gasteiger partial charge in [0.2, 0.25) is 5.91 Å². The standard InChI is InChI=1S/C15H19BrN2O2/c1-20-14-5-4-11(16)7-10(14)9-18-6-2-3-12-13(18)8-17-15(12)19/h4-5,7,12-13H,2-3,6,8-9H2,1H3,(H,17,19). The van der Waals surface area contributed by atoms with Crippen molar-refractivity contribution in [1.29, 1.82) is 0 Å². The number of likely N-dealkylation sites (tertiary alicyclic amines) is 1. The minimum Gasteiger partial charge on any atom is -0.496 e. The summed E-state index contributed by atoms with van der Waals surface area (Å²) in [6, 6.07) is 6.41. The van der Waals surface area contributed by atoms with Crippen molar-refractivity contribution in [3.05, 3.63) is 28.2 Å². The topological polar surface area (TPSA) is 41.6 Å². The number of hydrogen-bond acceptors (Lipinski definition) is 3. The minimum atomic E-state index is 0.168. The number of ether oxygens (including phenoxy) is 1. The third-order valence-electron chi connectivity index (χ3n) is 4.33. The molecule has 1 aromatic carbocycles. The molecule has 2 aliphatic heterocycles. The van der Waals surface area contributed by atoms with Crippen LogP contribution < -0.4 is 10.1 Å². The molecule has 2 heterocycles. The normalized spacial score (nSPS) is 26.2. The van der Waals surface area contributed by atoms with Crippen LogP contribution >= 0.6 is 15.9 Å². The lowest BCUT2D eigenvalue weighted by Gasteiger charge is -2.36. The van der Waals surface area contributed by atoms with Crippen LogP contribution in [0.2, 0.25) is 0 Å². The summed E-state index contributed by atoms with van der Waals surface area (Å²) >= 11 is 3.52. The van der Waals surface area contributed by atoms with Gasteiger partial charge in [-0.1, -0.05) is 15.9 Å². The van der Waals surface area contributed by atoms with Gasteiger partial charge >= 0.3 is 0 Å². The zero-order valence-corrected chi connectivity index (χ0v) is 13.1. The summed E-state index contributed by atoms with van der Waals surface area (Å²) in [5.41, 5.74) is 1.17. The van der Waals surface area contributed by atoms with E-state index in [1.807, 2.05) is 12.1 Å². The van der Waals surface area contributed by atoms with Crippen LogP contribution in [0.5, 0.6) is 5.75 Å². The Bertz CT molecular complexity index is 521. The summed E-state index contributed by atoms with van der Waals surface area (Å²) in [6.07, 6.45) is 2.10. The number of nitrogens with zero attached hydrogens (tertiary/aromatic N) is 1. The number of carbonyl (C=O) groups excluding carboxylic acids is 1. The molecule has 0 saturated carbocycles. The first-order valence-electron chi connectivity index (χ1n) is 7.03. The first-order chi connectivity index (χ1) is 9.69. The van der Waals surface area contributed by atoms with Crippen molar-refractivity contribution in [3.8, 4) is 5.75 Å². The summed E-state index contributed by atoms with van der Waals surface area (Å²) in [6.45, 7) is 2.66. The maximum Gasteiger partial charge on any atom is 0.224 e. The highest BCUT2D eigenvalue weighted by Gasteiger charge is 2.40. The zero-order valence-electron chi connectivity index (χ0n) is 11.6. The van der Waals surface area contributed by atoms with Crippen LogP contribution in [0, 0.1) is 5.92 Å². The van der Waals surface area contributed by atoms with Crippen LogP contribution in [0.1, 0.15) is 18.4 Å². The first kappa shape index (κ1) is 13.9. The van der Waals surface area contributed by atoms with Crippen molar-refractivity contribution in [1.82, 2.24) is 10.2 Å². The molecular weight excluding hydrogens is 320 g/mol. The molecule has 1 aromatic rings. The lowest BCUT2D eigenvalue weighted by molar-refractivity contribution is -0.124. The molecule has 0 spiro atoms. The van der Waals surface area contributed by atoms with Crippen molar-refractivity contribution in [2.45, 2.75) is 25.4 Å². The second-order valence-electron chi connectivity index (χ2n) is 5.49. The zero-order chi connectivity index (χ0) is 14.1. The molecule has 1 amide bonds. The fourth-order valence-corrected chi connectivity index (χ4v) is 3.73. The molecule has 5 heteroatoms. The van der Waals surface area contributed by atoms with E-state index in [9.17, 15) is 4.79 Å². The molecule has 2 saturated heterocycles. The van der Waals surface area contributed by atoms with E-state index in [0.29, 0.717) is 6.04 Å². The van der Waals surface area contributed by atoms with E-state index in [4.69, 9.17) is 4.74 Å². The molecule has 2 aliphatic rings. The Kier molecular flexibility index (Phi) is 3.98. The SMILES string of the molecule is COc1ccc(Br)cc1CN1CCCC2C(=O)NCC21. The Morgan fingerprint density at radius 3 is 3.15 bits per heavy atom. The number of piperidine rings is 1. The Morgan fingerprint density at radius 2 is 2.35 bits per heavy atom. The Hall–Kier alpha value is -1.07. The van der Waals surface area contributed by atoms with Gasteiger partial charge in [-0.15, -0.1) is 0 Å². The molecule has 20 heavy (non-hydrogen) atoms. The van der Waals surface area contributed by atoms with Gasteiger partial charge in [0, 0.05) is 29.2 Å². The lowest BCUT2D eigenvalue weighted by Crippen LogP contribution is -2.44. The van der Waals surface area contributed by atoms with Gasteiger partial charge in [-0.05, 0) is 37.6 Å². The van der Waals surface area contributed by atoms with E-state index >= 15 is 0 Å². The highest BCUT2D eigenvalue weighted by atomic mass is 79.9. The Morgan fingerprint density at radius 1 is 1.50 bits per heavy atom. The molecule has 2 unspecified atom stereocenters. The van der Waals surface area contributed by atoms with Crippen molar-refractivity contribution in [3.63, 3.8) is 0 Å². The van der Waals surface area contributed by atoms with Crippen molar-refractivity contribution in [2.75, 3.05) is 20.2 Å². The predicted octanol–water partition coefficient (Wildman–Crippen LogP) is 2.17. The van der Waals surface area contributed by atoms with Crippen molar-refractivity contribution < 1.29 is 9.53 Å². The van der Waals surface area contributed by atoms with Gasteiger partial charge in [-0.3, -0.25) is 9.69 Å². The molecule has 108 valence electrons. The molecule has 2 fully saturated rings. The number of benzene rings is 1. The highest BCUT2D eigenvalue weighted by molar-refractivity contribution is 9.10. The number of nitrogens with one attached hydrogen (secondary N) is 1. The monoisotopic (exact) mass is 338 g/mol. The molecule has 4 nitrogen and oxygen atoms in total. The second-order valence-corrected chi connectivity index (χ2v) is 6.40. The van der Waals surface area contributed by atoms with Crippen LogP contribution in [0.15, 0.2) is 22.7 Å². The maximum absolute atomic E-state index is 11.8. The smallest absolute Gasteiger partial charge is 0.224 e. The number of methoxy groups -OCH3 is 1. The molecule has 0 aromatic heterocycles. The number of fused-ring (bicyclic) bond motifs is 1. The fraction of sp³-hybridized carbons (Fsp3) is 0.533. The van der Waals surface area contributed by atoms with Gasteiger partial charge in [0.05, 0.1) is 13.0 Å². The minimum absolute atomic E-state index is 0.168. The van der Waals surface area contributed by atoms with Crippen LogP contribution in [0.3, 0.4) is 0 Å². The van der Waals surface area contributed by atoms with E-state index in [0.717, 1.165) is 42.7 Å². The molecule has 2 atom stereocenters. The van der Waals surface area contributed by atoms with Gasteiger partial charge < -0.3 is 10.1 Å². The van der Waals surface area contributed by atoms with Gasteiger partial charge in [-0.2, -0.15) is 0 Å². The largest absolute Gasteiger partial charge is 0.496 e. The summed E-state index contributed by atoms with van der Waals surface area (Å²) in [7, 11) is 1.70. The molecular formula is C15H19BrN2O2. The summed E-state index contributed by atoms with van der Waals surface area (Å²) in [4.78, 5) is 14.2. The molecule has 0 radical (unpaired) electrons. The van der Waals surface area contributed by atoms with E-state index in [1.165, 1.54) is 5.56 Å². The molecule has 3 rings (SSSR count). The lowest BCUT2D eigenvalue weighted by atomic mass is 9.91. The number of halogens is 1. The number of hydrogen-bond donors (Lipinski definition) is 1. The van der Waals surface area contributed by atoms with E-state index in [-0.39, 0.29) is 11.8 Å². The third kappa shape index (κ3) is 2.56. The number of carbonyl (C=O) groups is 1. The first-order valence-corrected chi connectivity index (χ1v) is 7.82. The van der Waals surface area contributed by atoms with Crippen LogP contribution in [0.4, 0.5) is 0 Å². The van der Waals surface area contributed by atoms with E-state index < -0.39 is 0 Å². The second kappa shape index (κ2) is 5.74. The van der Waals surface area contributed by atoms with Crippen molar-refractivity contribution >= 4 is 21.8 Å². The Balaban J connectivity index is 1.80. The number of amides is 1. The molecule has 1 N–H and O–H groups in total. The van der Waals surface area contributed by atoms with Crippen LogP contribution in [-0.4, -0.2) is 37.0 Å². The summed E-state index contributed by atoms with van der Waals surface area (Å²) in [5.74, 6) is 1.30. The van der Waals surface area contributed by atoms with Crippen LogP contribution in [-0.2, 0) is 11.3 Å². The maximum atomic E-state index is 11.8. The Labute approximate surface area is 127 Å². The average molecular weight is 339 g/mol. The van der Waals surface area contributed by atoms with Gasteiger partial charge in [-0.25, -0.2) is 0 Å². The molecule has 0 aliphatic carbocycles. The summed E-state index contributed by atoms with van der Waals surface area (Å²) in [5, 5.41) is 3.00. The van der Waals surface area contributed by atoms with Crippen molar-refractivity contribution in [2.24, 2.45) is 5.92 Å². The number of rotatable bonds is 3. The average Bonchev–Trinajstić information content (AvgIpc) is 2.82. The highest BCUT2D eigenvalue weighted by Crippen LogP contribution is 2.31. The molecule has 0 bridgehead atoms. The van der Waals surface area contributed by atoms with Gasteiger partial charge in [0.15, 0.2) is 0 Å². The fourth-order valence-electron chi connectivity index (χ4n) is 3.33.